The van der Waals surface area contributed by atoms with E-state index >= 15 is 0 Å². The molecule has 2 atom stereocenters. The molecule has 2 aliphatic rings. The molecule has 0 N–H and O–H groups in total. The first-order chi connectivity index (χ1) is 31.1. The number of benzene rings is 8. The second-order valence-electron chi connectivity index (χ2n) is 16.6. The molecule has 4 heterocycles. The minimum atomic E-state index is -0.245. The number of anilines is 2. The van der Waals surface area contributed by atoms with Crippen LogP contribution in [-0.2, 0) is 0 Å². The van der Waals surface area contributed by atoms with Gasteiger partial charge in [-0.15, -0.1) is 0 Å². The van der Waals surface area contributed by atoms with Crippen LogP contribution in [0.1, 0.15) is 28.2 Å². The highest BCUT2D eigenvalue weighted by Gasteiger charge is 2.44. The Labute approximate surface area is 362 Å². The van der Waals surface area contributed by atoms with Crippen LogP contribution in [0.15, 0.2) is 186 Å². The molecule has 6 nitrogen and oxygen atoms in total. The molecule has 0 amide bonds. The summed E-state index contributed by atoms with van der Waals surface area (Å²) in [6.45, 7) is 2.09. The molecule has 0 fully saturated rings. The monoisotopic (exact) mass is 805 g/mol. The summed E-state index contributed by atoms with van der Waals surface area (Å²) >= 11 is 0. The Morgan fingerprint density at radius 1 is 0.476 bits per heavy atom. The van der Waals surface area contributed by atoms with Crippen molar-refractivity contribution < 1.29 is 4.42 Å². The number of fused-ring (bicyclic) bond motifs is 13. The van der Waals surface area contributed by atoms with Crippen molar-refractivity contribution in [3.63, 3.8) is 0 Å². The molecule has 6 heteroatoms. The largest absolute Gasteiger partial charge is 0.456 e. The lowest BCUT2D eigenvalue weighted by Crippen LogP contribution is -2.31. The van der Waals surface area contributed by atoms with Crippen LogP contribution < -0.4 is 4.90 Å². The van der Waals surface area contributed by atoms with Gasteiger partial charge in [0.25, 0.3) is 0 Å². The fourth-order valence-corrected chi connectivity index (χ4v) is 10.8. The smallest absolute Gasteiger partial charge is 0.137 e. The molecule has 63 heavy (non-hydrogen) atoms. The van der Waals surface area contributed by atoms with Crippen LogP contribution >= 0.6 is 0 Å². The highest BCUT2D eigenvalue weighted by molar-refractivity contribution is 6.17. The fourth-order valence-electron chi connectivity index (χ4n) is 10.8. The first-order valence-corrected chi connectivity index (χ1v) is 21.3. The maximum absolute atomic E-state index is 12.1. The van der Waals surface area contributed by atoms with E-state index in [4.69, 9.17) is 4.42 Å². The number of allylic oxidation sites excluding steroid dienone is 2. The highest BCUT2D eigenvalue weighted by Crippen LogP contribution is 2.57. The zero-order chi connectivity index (χ0) is 41.9. The van der Waals surface area contributed by atoms with Crippen molar-refractivity contribution in [3.05, 3.63) is 204 Å². The lowest BCUT2D eigenvalue weighted by Gasteiger charge is -2.33. The minimum absolute atomic E-state index is 0.0497. The molecule has 2 unspecified atom stereocenters. The van der Waals surface area contributed by atoms with Gasteiger partial charge >= 0.3 is 0 Å². The summed E-state index contributed by atoms with van der Waals surface area (Å²) in [4.78, 5) is 2.30. The van der Waals surface area contributed by atoms with E-state index in [0.29, 0.717) is 28.2 Å². The Morgan fingerprint density at radius 2 is 0.968 bits per heavy atom. The summed E-state index contributed by atoms with van der Waals surface area (Å²) in [6.07, 6.45) is 8.66. The molecule has 13 rings (SSSR count). The van der Waals surface area contributed by atoms with Crippen molar-refractivity contribution >= 4 is 76.9 Å². The highest BCUT2D eigenvalue weighted by atomic mass is 16.3. The molecular weight excluding hydrogens is 771 g/mol. The van der Waals surface area contributed by atoms with E-state index in [1.54, 1.807) is 0 Å². The van der Waals surface area contributed by atoms with Gasteiger partial charge < -0.3 is 18.5 Å². The van der Waals surface area contributed by atoms with Gasteiger partial charge in [-0.25, -0.2) is 0 Å². The molecule has 1 aliphatic heterocycles. The van der Waals surface area contributed by atoms with Gasteiger partial charge in [0, 0.05) is 38.4 Å². The third kappa shape index (κ3) is 4.75. The van der Waals surface area contributed by atoms with Crippen molar-refractivity contribution in [2.24, 2.45) is 0 Å². The molecular formula is C57H35N5O. The average molecular weight is 806 g/mol. The lowest BCUT2D eigenvalue weighted by molar-refractivity contribution is 0.669. The van der Waals surface area contributed by atoms with Gasteiger partial charge in [-0.1, -0.05) is 151 Å². The van der Waals surface area contributed by atoms with E-state index in [9.17, 15) is 10.5 Å². The van der Waals surface area contributed by atoms with Crippen LogP contribution in [0.5, 0.6) is 0 Å². The number of hydrogen-bond acceptors (Lipinski definition) is 4. The lowest BCUT2D eigenvalue weighted by atomic mass is 9.89. The average Bonchev–Trinajstić information content (AvgIpc) is 4.07. The maximum Gasteiger partial charge on any atom is 0.137 e. The van der Waals surface area contributed by atoms with Gasteiger partial charge in [0.1, 0.15) is 34.4 Å². The number of nitrogens with zero attached hydrogens (tertiary/aromatic N) is 5. The van der Waals surface area contributed by atoms with E-state index in [1.807, 2.05) is 18.2 Å². The quantitative estimate of drug-likeness (QED) is 0.178. The Morgan fingerprint density at radius 3 is 1.51 bits per heavy atom. The topological polar surface area (TPSA) is 73.8 Å². The second-order valence-corrected chi connectivity index (χ2v) is 16.6. The third-order valence-corrected chi connectivity index (χ3v) is 13.4. The van der Waals surface area contributed by atoms with Crippen LogP contribution in [0.4, 0.5) is 11.4 Å². The number of aryl methyl sites for hydroxylation is 1. The van der Waals surface area contributed by atoms with Gasteiger partial charge in [0.2, 0.25) is 0 Å². The molecule has 0 radical (unpaired) electrons. The molecule has 3 aromatic heterocycles. The normalized spacial score (nSPS) is 15.5. The van der Waals surface area contributed by atoms with Crippen LogP contribution in [0.25, 0.3) is 88.1 Å². The molecule has 0 spiro atoms. The number of furan rings is 1. The van der Waals surface area contributed by atoms with Gasteiger partial charge in [0.05, 0.1) is 56.2 Å². The summed E-state index contributed by atoms with van der Waals surface area (Å²) in [6, 6.07) is 60.1. The fraction of sp³-hybridized carbons (Fsp3) is 0.0526. The molecule has 0 bridgehead atoms. The zero-order valence-corrected chi connectivity index (χ0v) is 34.1. The van der Waals surface area contributed by atoms with E-state index in [1.165, 1.54) is 0 Å². The van der Waals surface area contributed by atoms with E-state index in [0.717, 1.165) is 93.5 Å². The zero-order valence-electron chi connectivity index (χ0n) is 34.1. The summed E-state index contributed by atoms with van der Waals surface area (Å²) in [7, 11) is 0. The van der Waals surface area contributed by atoms with Gasteiger partial charge in [-0.3, -0.25) is 0 Å². The Balaban J connectivity index is 1.31. The van der Waals surface area contributed by atoms with Crippen LogP contribution in [0.3, 0.4) is 0 Å². The van der Waals surface area contributed by atoms with Crippen LogP contribution in [0.2, 0.25) is 0 Å². The van der Waals surface area contributed by atoms with Crippen molar-refractivity contribution in [1.29, 1.82) is 10.5 Å². The molecule has 8 aromatic carbocycles. The van der Waals surface area contributed by atoms with Crippen molar-refractivity contribution in [1.82, 2.24) is 9.13 Å². The van der Waals surface area contributed by atoms with Gasteiger partial charge in [-0.05, 0) is 54.4 Å². The number of aromatic nitrogens is 2. The molecule has 294 valence electrons. The second kappa shape index (κ2) is 13.2. The standard InChI is InChI=1S/C57H35N5O/c1-34-26-28-35(29-27-34)52-56(60-45-20-8-2-14-36(45)37-15-3-9-21-46(37)60)43(32-58)54(44(33-59)57(52)61-47-22-10-4-16-38(47)39-17-5-11-23-48(39)61)62-49-24-12-6-18-40(49)41-30-31-51-53(55(41)62)42-19-7-13-25-50(42)63-51/h2-31,40,49H,1H3. The summed E-state index contributed by atoms with van der Waals surface area (Å²) in [5, 5.41) is 30.5. The van der Waals surface area contributed by atoms with Crippen LogP contribution in [-0.4, -0.2) is 15.2 Å². The SMILES string of the molecule is Cc1ccc(-c2c(-n3c4ccccc4c4ccccc43)c(C#N)c(N3c4c(ccc5oc6ccccc6c45)C4C=CC=CC43)c(C#N)c2-n2c3ccccc3c3ccccc32)cc1. The Bertz CT molecular complexity index is 3660. The number of rotatable bonds is 4. The number of para-hydroxylation sites is 5. The van der Waals surface area contributed by atoms with Crippen molar-refractivity contribution in [3.8, 4) is 34.6 Å². The predicted molar refractivity (Wildman–Crippen MR) is 255 cm³/mol. The van der Waals surface area contributed by atoms with E-state index in [2.05, 4.69) is 197 Å². The number of nitriles is 2. The van der Waals surface area contributed by atoms with Crippen LogP contribution in [0, 0.1) is 29.6 Å². The Hall–Kier alpha value is -8.58. The molecule has 0 saturated carbocycles. The minimum Gasteiger partial charge on any atom is -0.456 e. The molecule has 11 aromatic rings. The number of hydrogen-bond donors (Lipinski definition) is 0. The Kier molecular flexibility index (Phi) is 7.38. The first kappa shape index (κ1) is 35.2. The van der Waals surface area contributed by atoms with Crippen molar-refractivity contribution in [2.75, 3.05) is 4.90 Å². The van der Waals surface area contributed by atoms with E-state index < -0.39 is 0 Å². The predicted octanol–water partition coefficient (Wildman–Crippen LogP) is 14.2. The first-order valence-electron chi connectivity index (χ1n) is 21.3. The summed E-state index contributed by atoms with van der Waals surface area (Å²) in [5.74, 6) is -0.0497. The molecule has 1 aliphatic carbocycles. The summed E-state index contributed by atoms with van der Waals surface area (Å²) < 4.78 is 11.1. The van der Waals surface area contributed by atoms with Gasteiger partial charge in [-0.2, -0.15) is 10.5 Å². The molecule has 0 saturated heterocycles. The van der Waals surface area contributed by atoms with Crippen molar-refractivity contribution in [2.45, 2.75) is 18.9 Å². The summed E-state index contributed by atoms with van der Waals surface area (Å²) in [5.41, 5.74) is 13.1. The van der Waals surface area contributed by atoms with Gasteiger partial charge in [0.15, 0.2) is 0 Å². The third-order valence-electron chi connectivity index (χ3n) is 13.4. The van der Waals surface area contributed by atoms with E-state index in [-0.39, 0.29) is 12.0 Å². The maximum atomic E-state index is 12.1.